The molecule has 9 nitrogen and oxygen atoms in total. The maximum atomic E-state index is 12.0. The number of allylic oxidation sites excluding steroid dienone is 2. The van der Waals surface area contributed by atoms with Crippen LogP contribution in [0.15, 0.2) is 12.2 Å². The lowest BCUT2D eigenvalue weighted by Crippen LogP contribution is -2.23. The van der Waals surface area contributed by atoms with E-state index in [4.69, 9.17) is 33.2 Å². The largest absolute Gasteiger partial charge is 0.463 e. The van der Waals surface area contributed by atoms with Gasteiger partial charge in [-0.05, 0) is 24.7 Å². The summed E-state index contributed by atoms with van der Waals surface area (Å²) in [5.41, 5.74) is 0. The molecule has 0 heterocycles. The number of hydrogen-bond acceptors (Lipinski definition) is 9. The smallest absolute Gasteiger partial charge is 0.332 e. The first kappa shape index (κ1) is 24.7. The molecule has 1 fully saturated rings. The zero-order valence-corrected chi connectivity index (χ0v) is 17.8. The zero-order chi connectivity index (χ0) is 21.4. The summed E-state index contributed by atoms with van der Waals surface area (Å²) in [4.78, 5) is 23.5. The van der Waals surface area contributed by atoms with Crippen molar-refractivity contribution in [3.05, 3.63) is 12.2 Å². The summed E-state index contributed by atoms with van der Waals surface area (Å²) in [5.74, 6) is 0.373. The first-order valence-electron chi connectivity index (χ1n) is 10.5. The lowest BCUT2D eigenvalue weighted by molar-refractivity contribution is -0.152. The van der Waals surface area contributed by atoms with Crippen molar-refractivity contribution in [2.24, 2.45) is 17.8 Å². The summed E-state index contributed by atoms with van der Waals surface area (Å²) in [6.07, 6.45) is 6.34. The first-order valence-corrected chi connectivity index (χ1v) is 10.5. The summed E-state index contributed by atoms with van der Waals surface area (Å²) >= 11 is 0. The van der Waals surface area contributed by atoms with Crippen molar-refractivity contribution >= 4 is 11.9 Å². The number of carbonyl (C=O) groups excluding carboxylic acids is 2. The van der Waals surface area contributed by atoms with Crippen LogP contribution in [0.4, 0.5) is 0 Å². The van der Waals surface area contributed by atoms with E-state index in [1.807, 2.05) is 0 Å². The van der Waals surface area contributed by atoms with Gasteiger partial charge in [0.05, 0.1) is 58.8 Å². The van der Waals surface area contributed by atoms with Gasteiger partial charge in [0.2, 0.25) is 0 Å². The highest BCUT2D eigenvalue weighted by Gasteiger charge is 2.40. The van der Waals surface area contributed by atoms with Gasteiger partial charge in [-0.15, -0.1) is 0 Å². The maximum Gasteiger partial charge on any atom is 0.332 e. The van der Waals surface area contributed by atoms with Gasteiger partial charge in [0.25, 0.3) is 0 Å². The number of esters is 2. The number of fused-ring (bicyclic) bond motifs is 2. The molecule has 0 saturated heterocycles. The van der Waals surface area contributed by atoms with Crippen molar-refractivity contribution in [1.29, 1.82) is 0 Å². The highest BCUT2D eigenvalue weighted by molar-refractivity contribution is 5.74. The lowest BCUT2D eigenvalue weighted by atomic mass is 9.94. The predicted octanol–water partition coefficient (Wildman–Crippen LogP) is 0.998. The van der Waals surface area contributed by atoms with Gasteiger partial charge in [0, 0.05) is 7.11 Å². The predicted molar refractivity (Wildman–Crippen MR) is 106 cm³/mol. The second-order valence-corrected chi connectivity index (χ2v) is 7.16. The third-order valence-electron chi connectivity index (χ3n) is 4.94. The summed E-state index contributed by atoms with van der Waals surface area (Å²) in [7, 11) is 1.60. The molecule has 3 atom stereocenters. The Morgan fingerprint density at radius 3 is 1.93 bits per heavy atom. The summed E-state index contributed by atoms with van der Waals surface area (Å²) in [5, 5.41) is 0. The topological polar surface area (TPSA) is 98.8 Å². The molecular formula is C21H34O9. The molecule has 0 radical (unpaired) electrons. The van der Waals surface area contributed by atoms with Crippen LogP contribution in [-0.4, -0.2) is 91.7 Å². The van der Waals surface area contributed by atoms with Gasteiger partial charge in [0.1, 0.15) is 19.8 Å². The average Bonchev–Trinajstić information content (AvgIpc) is 3.38. The van der Waals surface area contributed by atoms with Crippen LogP contribution in [0.25, 0.3) is 0 Å². The fourth-order valence-corrected chi connectivity index (χ4v) is 3.46. The van der Waals surface area contributed by atoms with E-state index < -0.39 is 5.97 Å². The normalized spacial score (nSPS) is 21.8. The number of ether oxygens (including phenoxy) is 7. The van der Waals surface area contributed by atoms with E-state index in [1.165, 1.54) is 0 Å². The summed E-state index contributed by atoms with van der Waals surface area (Å²) in [6, 6.07) is 0. The molecule has 0 aromatic heterocycles. The van der Waals surface area contributed by atoms with Crippen molar-refractivity contribution in [2.75, 3.05) is 79.8 Å². The van der Waals surface area contributed by atoms with E-state index in [1.54, 1.807) is 7.11 Å². The fourth-order valence-electron chi connectivity index (χ4n) is 3.46. The van der Waals surface area contributed by atoms with Gasteiger partial charge in [-0.3, -0.25) is 4.79 Å². The quantitative estimate of drug-likeness (QED) is 0.179. The van der Waals surface area contributed by atoms with Gasteiger partial charge >= 0.3 is 11.9 Å². The SMILES string of the molecule is COCCOCCOCC(=O)OCCOCCOCCOC(=O)C1C[C@@H]2C=C[C@H]1C2. The Hall–Kier alpha value is -1.52. The van der Waals surface area contributed by atoms with Crippen LogP contribution < -0.4 is 0 Å². The van der Waals surface area contributed by atoms with Crippen LogP contribution in [-0.2, 0) is 42.7 Å². The fraction of sp³-hybridized carbons (Fsp3) is 0.810. The van der Waals surface area contributed by atoms with Crippen molar-refractivity contribution in [3.8, 4) is 0 Å². The number of hydrogen-bond donors (Lipinski definition) is 0. The van der Waals surface area contributed by atoms with Crippen molar-refractivity contribution in [3.63, 3.8) is 0 Å². The van der Waals surface area contributed by atoms with E-state index in [0.29, 0.717) is 58.1 Å². The minimum atomic E-state index is -0.445. The monoisotopic (exact) mass is 430 g/mol. The Morgan fingerprint density at radius 2 is 1.33 bits per heavy atom. The summed E-state index contributed by atoms with van der Waals surface area (Å²) < 4.78 is 36.1. The molecule has 0 aliphatic heterocycles. The van der Waals surface area contributed by atoms with Crippen molar-refractivity contribution in [2.45, 2.75) is 12.8 Å². The Morgan fingerprint density at radius 1 is 0.733 bits per heavy atom. The zero-order valence-electron chi connectivity index (χ0n) is 17.8. The third kappa shape index (κ3) is 9.99. The van der Waals surface area contributed by atoms with Gasteiger partial charge in [-0.25, -0.2) is 4.79 Å². The second-order valence-electron chi connectivity index (χ2n) is 7.16. The van der Waals surface area contributed by atoms with Gasteiger partial charge in [-0.2, -0.15) is 0 Å². The molecular weight excluding hydrogens is 396 g/mol. The van der Waals surface area contributed by atoms with Crippen molar-refractivity contribution < 1.29 is 42.7 Å². The molecule has 9 heteroatoms. The second kappa shape index (κ2) is 15.3. The first-order chi connectivity index (χ1) is 14.7. The Kier molecular flexibility index (Phi) is 12.6. The van der Waals surface area contributed by atoms with E-state index >= 15 is 0 Å². The molecule has 0 N–H and O–H groups in total. The lowest BCUT2D eigenvalue weighted by Gasteiger charge is -2.16. The van der Waals surface area contributed by atoms with Gasteiger partial charge in [-0.1, -0.05) is 12.2 Å². The van der Waals surface area contributed by atoms with Crippen LogP contribution in [0.1, 0.15) is 12.8 Å². The van der Waals surface area contributed by atoms with Crippen molar-refractivity contribution in [1.82, 2.24) is 0 Å². The van der Waals surface area contributed by atoms with E-state index in [-0.39, 0.29) is 38.3 Å². The molecule has 172 valence electrons. The molecule has 0 amide bonds. The van der Waals surface area contributed by atoms with Crippen LogP contribution in [0.5, 0.6) is 0 Å². The van der Waals surface area contributed by atoms with E-state index in [2.05, 4.69) is 12.2 Å². The molecule has 0 aromatic carbocycles. The number of carbonyl (C=O) groups is 2. The minimum absolute atomic E-state index is 0.0191. The molecule has 0 aromatic rings. The van der Waals surface area contributed by atoms with Gasteiger partial charge in [0.15, 0.2) is 0 Å². The Balaban J connectivity index is 1.29. The Bertz CT molecular complexity index is 523. The van der Waals surface area contributed by atoms with Crippen LogP contribution in [0, 0.1) is 17.8 Å². The molecule has 1 unspecified atom stereocenters. The van der Waals surface area contributed by atoms with E-state index in [0.717, 1.165) is 12.8 Å². The Labute approximate surface area is 177 Å². The molecule has 30 heavy (non-hydrogen) atoms. The molecule has 1 saturated carbocycles. The van der Waals surface area contributed by atoms with Crippen LogP contribution in [0.3, 0.4) is 0 Å². The van der Waals surface area contributed by atoms with Crippen LogP contribution in [0.2, 0.25) is 0 Å². The highest BCUT2D eigenvalue weighted by atomic mass is 16.6. The molecule has 2 aliphatic carbocycles. The number of rotatable bonds is 18. The standard InChI is InChI=1S/C21H34O9/c1-24-4-5-25-8-9-28-16-20(22)29-12-10-26-6-7-27-11-13-30-21(23)19-15-17-2-3-18(19)14-17/h2-3,17-19H,4-16H2,1H3/t17-,18+,19?/m1/s1. The minimum Gasteiger partial charge on any atom is -0.463 e. The average molecular weight is 430 g/mol. The summed E-state index contributed by atoms with van der Waals surface area (Å²) in [6.45, 7) is 3.41. The molecule has 2 rings (SSSR count). The molecule has 0 spiro atoms. The number of methoxy groups -OCH3 is 1. The molecule has 2 bridgehead atoms. The third-order valence-corrected chi connectivity index (χ3v) is 4.94. The molecule has 2 aliphatic rings. The van der Waals surface area contributed by atoms with Crippen LogP contribution >= 0.6 is 0 Å². The maximum absolute atomic E-state index is 12.0. The highest BCUT2D eigenvalue weighted by Crippen LogP contribution is 2.43. The van der Waals surface area contributed by atoms with E-state index in [9.17, 15) is 9.59 Å². The van der Waals surface area contributed by atoms with Gasteiger partial charge < -0.3 is 33.2 Å².